The third kappa shape index (κ3) is 2.28. The van der Waals surface area contributed by atoms with Crippen molar-refractivity contribution in [3.63, 3.8) is 0 Å². The van der Waals surface area contributed by atoms with Gasteiger partial charge < -0.3 is 10.6 Å². The highest BCUT2D eigenvalue weighted by molar-refractivity contribution is 5.66. The Bertz CT molecular complexity index is 592. The van der Waals surface area contributed by atoms with E-state index in [9.17, 15) is 0 Å². The van der Waals surface area contributed by atoms with Crippen LogP contribution in [0.3, 0.4) is 0 Å². The number of aryl methyl sites for hydroxylation is 1. The molecule has 0 aliphatic carbocycles. The molecule has 2 heterocycles. The number of pyridine rings is 1. The molecular formula is C16H19N3. The maximum atomic E-state index is 6.09. The van der Waals surface area contributed by atoms with E-state index < -0.39 is 0 Å². The predicted octanol–water partition coefficient (Wildman–Crippen LogP) is 2.93. The van der Waals surface area contributed by atoms with Crippen molar-refractivity contribution in [2.24, 2.45) is 0 Å². The van der Waals surface area contributed by atoms with Gasteiger partial charge in [0.1, 0.15) is 0 Å². The summed E-state index contributed by atoms with van der Waals surface area (Å²) in [7, 11) is 0. The largest absolute Gasteiger partial charge is 0.398 e. The Morgan fingerprint density at radius 3 is 3.05 bits per heavy atom. The normalized spacial score (nSPS) is 14.3. The van der Waals surface area contributed by atoms with Gasteiger partial charge in [-0.3, -0.25) is 4.98 Å². The number of hydrogen-bond donors (Lipinski definition) is 1. The van der Waals surface area contributed by atoms with Crippen molar-refractivity contribution in [1.29, 1.82) is 0 Å². The lowest BCUT2D eigenvalue weighted by molar-refractivity contribution is 0.690. The van der Waals surface area contributed by atoms with Gasteiger partial charge in [0.2, 0.25) is 0 Å². The van der Waals surface area contributed by atoms with Gasteiger partial charge in [-0.2, -0.15) is 0 Å². The van der Waals surface area contributed by atoms with Crippen LogP contribution >= 0.6 is 0 Å². The Hall–Kier alpha value is -2.03. The third-order valence-corrected chi connectivity index (χ3v) is 3.89. The number of aromatic nitrogens is 1. The monoisotopic (exact) mass is 253 g/mol. The van der Waals surface area contributed by atoms with Crippen LogP contribution in [0.5, 0.6) is 0 Å². The molecule has 19 heavy (non-hydrogen) atoms. The zero-order valence-corrected chi connectivity index (χ0v) is 11.3. The molecule has 0 spiro atoms. The highest BCUT2D eigenvalue weighted by atomic mass is 15.1. The lowest BCUT2D eigenvalue weighted by Gasteiger charge is -2.32. The van der Waals surface area contributed by atoms with Gasteiger partial charge in [-0.1, -0.05) is 6.07 Å². The molecule has 0 saturated carbocycles. The molecule has 0 fully saturated rings. The zero-order chi connectivity index (χ0) is 13.2. The molecule has 0 unspecified atom stereocenters. The molecule has 0 saturated heterocycles. The first-order valence-corrected chi connectivity index (χ1v) is 6.77. The molecule has 2 N–H and O–H groups in total. The van der Waals surface area contributed by atoms with Gasteiger partial charge in [0.05, 0.1) is 0 Å². The van der Waals surface area contributed by atoms with Gasteiger partial charge in [-0.15, -0.1) is 0 Å². The number of anilines is 2. The number of hydrogen-bond acceptors (Lipinski definition) is 3. The SMILES string of the molecule is Cc1ccncc1CN1CCCc2c(N)cccc21. The van der Waals surface area contributed by atoms with E-state index >= 15 is 0 Å². The average Bonchev–Trinajstić information content (AvgIpc) is 2.42. The molecule has 3 heteroatoms. The summed E-state index contributed by atoms with van der Waals surface area (Å²) < 4.78 is 0. The second-order valence-electron chi connectivity index (χ2n) is 5.17. The van der Waals surface area contributed by atoms with Crippen LogP contribution in [-0.4, -0.2) is 11.5 Å². The minimum Gasteiger partial charge on any atom is -0.398 e. The highest BCUT2D eigenvalue weighted by Crippen LogP contribution is 2.32. The van der Waals surface area contributed by atoms with Gasteiger partial charge in [-0.05, 0) is 54.7 Å². The lowest BCUT2D eigenvalue weighted by atomic mass is 9.99. The van der Waals surface area contributed by atoms with Crippen LogP contribution < -0.4 is 10.6 Å². The maximum absolute atomic E-state index is 6.09. The fraction of sp³-hybridized carbons (Fsp3) is 0.312. The Kier molecular flexibility index (Phi) is 3.11. The molecule has 1 aliphatic heterocycles. The second-order valence-corrected chi connectivity index (χ2v) is 5.17. The summed E-state index contributed by atoms with van der Waals surface area (Å²) in [6.45, 7) is 4.14. The highest BCUT2D eigenvalue weighted by Gasteiger charge is 2.18. The number of nitrogens with two attached hydrogens (primary N) is 1. The van der Waals surface area contributed by atoms with Gasteiger partial charge >= 0.3 is 0 Å². The summed E-state index contributed by atoms with van der Waals surface area (Å²) in [6.07, 6.45) is 6.07. The van der Waals surface area contributed by atoms with E-state index in [2.05, 4.69) is 28.9 Å². The van der Waals surface area contributed by atoms with Crippen LogP contribution in [-0.2, 0) is 13.0 Å². The van der Waals surface area contributed by atoms with Crippen molar-refractivity contribution >= 4 is 11.4 Å². The third-order valence-electron chi connectivity index (χ3n) is 3.89. The number of benzene rings is 1. The number of fused-ring (bicyclic) bond motifs is 1. The van der Waals surface area contributed by atoms with Gasteiger partial charge in [0.15, 0.2) is 0 Å². The summed E-state index contributed by atoms with van der Waals surface area (Å²) in [5, 5.41) is 0. The van der Waals surface area contributed by atoms with E-state index in [1.54, 1.807) is 0 Å². The molecule has 1 aliphatic rings. The van der Waals surface area contributed by atoms with Gasteiger partial charge in [-0.25, -0.2) is 0 Å². The van der Waals surface area contributed by atoms with E-state index in [1.807, 2.05) is 24.5 Å². The van der Waals surface area contributed by atoms with Crippen molar-refractivity contribution < 1.29 is 0 Å². The molecule has 0 radical (unpaired) electrons. The fourth-order valence-electron chi connectivity index (χ4n) is 2.76. The summed E-state index contributed by atoms with van der Waals surface area (Å²) >= 11 is 0. The molecule has 98 valence electrons. The van der Waals surface area contributed by atoms with Crippen molar-refractivity contribution in [1.82, 2.24) is 4.98 Å². The Balaban J connectivity index is 1.92. The number of nitrogens with zero attached hydrogens (tertiary/aromatic N) is 2. The molecule has 0 amide bonds. The lowest BCUT2D eigenvalue weighted by Crippen LogP contribution is -2.29. The Morgan fingerprint density at radius 2 is 2.21 bits per heavy atom. The first-order valence-electron chi connectivity index (χ1n) is 6.77. The van der Waals surface area contributed by atoms with Crippen LogP contribution in [0.2, 0.25) is 0 Å². The van der Waals surface area contributed by atoms with Crippen molar-refractivity contribution in [3.8, 4) is 0 Å². The second kappa shape index (κ2) is 4.92. The molecule has 1 aromatic heterocycles. The summed E-state index contributed by atoms with van der Waals surface area (Å²) in [6, 6.07) is 8.29. The predicted molar refractivity (Wildman–Crippen MR) is 79.2 cm³/mol. The molecule has 0 atom stereocenters. The molecule has 3 nitrogen and oxygen atoms in total. The minimum atomic E-state index is 0.913. The van der Waals surface area contributed by atoms with Crippen LogP contribution in [0.25, 0.3) is 0 Å². The van der Waals surface area contributed by atoms with Crippen LogP contribution in [0.4, 0.5) is 11.4 Å². The van der Waals surface area contributed by atoms with Crippen LogP contribution in [0, 0.1) is 6.92 Å². The van der Waals surface area contributed by atoms with E-state index in [1.165, 1.54) is 28.8 Å². The zero-order valence-electron chi connectivity index (χ0n) is 11.3. The van der Waals surface area contributed by atoms with Crippen LogP contribution in [0.1, 0.15) is 23.1 Å². The maximum Gasteiger partial charge on any atom is 0.0447 e. The van der Waals surface area contributed by atoms with E-state index in [0.29, 0.717) is 0 Å². The van der Waals surface area contributed by atoms with E-state index in [-0.39, 0.29) is 0 Å². The molecular weight excluding hydrogens is 234 g/mol. The van der Waals surface area contributed by atoms with E-state index in [4.69, 9.17) is 5.73 Å². The van der Waals surface area contributed by atoms with Gasteiger partial charge in [0.25, 0.3) is 0 Å². The summed E-state index contributed by atoms with van der Waals surface area (Å²) in [4.78, 5) is 6.65. The first kappa shape index (κ1) is 12.0. The quantitative estimate of drug-likeness (QED) is 0.837. The fourth-order valence-corrected chi connectivity index (χ4v) is 2.76. The van der Waals surface area contributed by atoms with Crippen molar-refractivity contribution in [2.75, 3.05) is 17.2 Å². The smallest absolute Gasteiger partial charge is 0.0447 e. The molecule has 2 aromatic rings. The van der Waals surface area contributed by atoms with Gasteiger partial charge in [0, 0.05) is 36.9 Å². The molecule has 0 bridgehead atoms. The molecule has 1 aromatic carbocycles. The summed E-state index contributed by atoms with van der Waals surface area (Å²) in [5.41, 5.74) is 12.2. The number of rotatable bonds is 2. The standard InChI is InChI=1S/C16H19N3/c1-12-7-8-18-10-13(12)11-19-9-3-4-14-15(17)5-2-6-16(14)19/h2,5-8,10H,3-4,9,11,17H2,1H3. The number of nitrogen functional groups attached to an aromatic ring is 1. The van der Waals surface area contributed by atoms with E-state index in [0.717, 1.165) is 25.2 Å². The van der Waals surface area contributed by atoms with Crippen molar-refractivity contribution in [2.45, 2.75) is 26.3 Å². The Labute approximate surface area is 114 Å². The summed E-state index contributed by atoms with van der Waals surface area (Å²) in [5.74, 6) is 0. The molecule has 3 rings (SSSR count). The Morgan fingerprint density at radius 1 is 1.32 bits per heavy atom. The topological polar surface area (TPSA) is 42.2 Å². The van der Waals surface area contributed by atoms with Crippen LogP contribution in [0.15, 0.2) is 36.7 Å². The minimum absolute atomic E-state index is 0.913. The average molecular weight is 253 g/mol. The first-order chi connectivity index (χ1) is 9.25. The van der Waals surface area contributed by atoms with Crippen molar-refractivity contribution in [3.05, 3.63) is 53.3 Å².